The van der Waals surface area contributed by atoms with Crippen molar-refractivity contribution in [2.45, 2.75) is 44.6 Å². The summed E-state index contributed by atoms with van der Waals surface area (Å²) >= 11 is 0. The molecule has 3 saturated heterocycles. The first kappa shape index (κ1) is 20.7. The normalized spacial score (nSPS) is 21.2. The average molecular weight is 414 g/mol. The van der Waals surface area contributed by atoms with Gasteiger partial charge in [-0.15, -0.1) is 0 Å². The molecule has 3 amide bonds. The number of nitrogens with zero attached hydrogens (tertiary/aromatic N) is 3. The molecule has 0 unspecified atom stereocenters. The first-order valence-electron chi connectivity index (χ1n) is 11.1. The molecule has 30 heavy (non-hydrogen) atoms. The number of hydrogen-bond donors (Lipinski definition) is 0. The number of hydrogen-bond acceptors (Lipinski definition) is 4. The van der Waals surface area contributed by atoms with Crippen molar-refractivity contribution in [3.63, 3.8) is 0 Å². The van der Waals surface area contributed by atoms with Crippen molar-refractivity contribution in [3.05, 3.63) is 29.8 Å². The molecule has 1 aromatic rings. The zero-order chi connectivity index (χ0) is 21.1. The highest BCUT2D eigenvalue weighted by atomic mass is 16.5. The molecule has 4 rings (SSSR count). The number of likely N-dealkylation sites (tertiary alicyclic amines) is 3. The van der Waals surface area contributed by atoms with Crippen molar-refractivity contribution in [2.75, 3.05) is 39.8 Å². The number of rotatable bonds is 4. The molecule has 0 N–H and O–H groups in total. The number of ether oxygens (including phenoxy) is 1. The van der Waals surface area contributed by atoms with Gasteiger partial charge in [-0.3, -0.25) is 14.4 Å². The van der Waals surface area contributed by atoms with Crippen molar-refractivity contribution in [1.82, 2.24) is 14.7 Å². The standard InChI is InChI=1S/C23H31N3O4/c1-30-20-6-4-17(5-7-20)22(28)24-13-8-18(9-14-24)23(29)25-15-10-19(11-16-25)26-12-2-3-21(26)27/h4-7,18-19H,2-3,8-16H2,1H3. The molecule has 0 aliphatic carbocycles. The Morgan fingerprint density at radius 2 is 1.53 bits per heavy atom. The predicted octanol–water partition coefficient (Wildman–Crippen LogP) is 2.16. The van der Waals surface area contributed by atoms with Gasteiger partial charge in [-0.1, -0.05) is 0 Å². The summed E-state index contributed by atoms with van der Waals surface area (Å²) in [4.78, 5) is 43.5. The number of carbonyl (C=O) groups is 3. The lowest BCUT2D eigenvalue weighted by Crippen LogP contribution is -2.50. The van der Waals surface area contributed by atoms with E-state index in [1.165, 1.54) is 0 Å². The Bertz CT molecular complexity index is 778. The molecule has 1 aromatic carbocycles. The van der Waals surface area contributed by atoms with E-state index < -0.39 is 0 Å². The molecule has 0 bridgehead atoms. The highest BCUT2D eigenvalue weighted by molar-refractivity contribution is 5.94. The van der Waals surface area contributed by atoms with Crippen LogP contribution in [0.15, 0.2) is 24.3 Å². The van der Waals surface area contributed by atoms with E-state index in [0.717, 1.165) is 44.6 Å². The van der Waals surface area contributed by atoms with Gasteiger partial charge >= 0.3 is 0 Å². The number of carbonyl (C=O) groups excluding carboxylic acids is 3. The minimum absolute atomic E-state index is 0.00474. The zero-order valence-electron chi connectivity index (χ0n) is 17.7. The summed E-state index contributed by atoms with van der Waals surface area (Å²) in [6.07, 6.45) is 4.83. The van der Waals surface area contributed by atoms with E-state index in [0.29, 0.717) is 44.0 Å². The van der Waals surface area contributed by atoms with E-state index in [2.05, 4.69) is 0 Å². The molecular formula is C23H31N3O4. The number of benzene rings is 1. The monoisotopic (exact) mass is 413 g/mol. The number of piperidine rings is 2. The Labute approximate surface area is 177 Å². The lowest BCUT2D eigenvalue weighted by molar-refractivity contribution is -0.139. The number of amides is 3. The fourth-order valence-electron chi connectivity index (χ4n) is 4.96. The third-order valence-corrected chi connectivity index (χ3v) is 6.80. The third kappa shape index (κ3) is 4.30. The second kappa shape index (κ2) is 9.06. The first-order valence-corrected chi connectivity index (χ1v) is 11.1. The molecule has 0 saturated carbocycles. The van der Waals surface area contributed by atoms with Gasteiger partial charge in [0.25, 0.3) is 5.91 Å². The van der Waals surface area contributed by atoms with Crippen LogP contribution < -0.4 is 4.74 Å². The molecule has 0 atom stereocenters. The van der Waals surface area contributed by atoms with Crippen LogP contribution in [0.2, 0.25) is 0 Å². The second-order valence-electron chi connectivity index (χ2n) is 8.54. The van der Waals surface area contributed by atoms with E-state index in [-0.39, 0.29) is 23.6 Å². The van der Waals surface area contributed by atoms with E-state index >= 15 is 0 Å². The van der Waals surface area contributed by atoms with Crippen LogP contribution in [0.5, 0.6) is 5.75 Å². The van der Waals surface area contributed by atoms with Crippen LogP contribution in [0.3, 0.4) is 0 Å². The minimum Gasteiger partial charge on any atom is -0.497 e. The molecule has 3 aliphatic rings. The van der Waals surface area contributed by atoms with E-state index in [1.807, 2.05) is 14.7 Å². The summed E-state index contributed by atoms with van der Waals surface area (Å²) in [7, 11) is 1.60. The van der Waals surface area contributed by atoms with Gasteiger partial charge in [0.1, 0.15) is 5.75 Å². The minimum atomic E-state index is -0.00474. The van der Waals surface area contributed by atoms with Crippen molar-refractivity contribution in [2.24, 2.45) is 5.92 Å². The zero-order valence-corrected chi connectivity index (χ0v) is 17.7. The molecule has 0 radical (unpaired) electrons. The van der Waals surface area contributed by atoms with E-state index in [9.17, 15) is 14.4 Å². The first-order chi connectivity index (χ1) is 14.6. The maximum Gasteiger partial charge on any atom is 0.253 e. The van der Waals surface area contributed by atoms with Gasteiger partial charge in [-0.05, 0) is 56.4 Å². The Morgan fingerprint density at radius 3 is 2.10 bits per heavy atom. The van der Waals surface area contributed by atoms with Gasteiger partial charge in [-0.25, -0.2) is 0 Å². The predicted molar refractivity (Wildman–Crippen MR) is 112 cm³/mol. The quantitative estimate of drug-likeness (QED) is 0.759. The Balaban J connectivity index is 1.25. The van der Waals surface area contributed by atoms with Crippen molar-refractivity contribution in [1.29, 1.82) is 0 Å². The second-order valence-corrected chi connectivity index (χ2v) is 8.54. The maximum absolute atomic E-state index is 13.0. The number of methoxy groups -OCH3 is 1. The highest BCUT2D eigenvalue weighted by Crippen LogP contribution is 2.26. The van der Waals surface area contributed by atoms with Crippen LogP contribution in [0.4, 0.5) is 0 Å². The molecule has 7 heteroatoms. The van der Waals surface area contributed by atoms with Gasteiger partial charge < -0.3 is 19.4 Å². The van der Waals surface area contributed by atoms with Crippen LogP contribution in [0, 0.1) is 5.92 Å². The fraction of sp³-hybridized carbons (Fsp3) is 0.609. The molecule has 162 valence electrons. The van der Waals surface area contributed by atoms with Gasteiger partial charge in [0.15, 0.2) is 0 Å². The van der Waals surface area contributed by atoms with Crippen molar-refractivity contribution in [3.8, 4) is 5.75 Å². The maximum atomic E-state index is 13.0. The van der Waals surface area contributed by atoms with Crippen molar-refractivity contribution < 1.29 is 19.1 Å². The van der Waals surface area contributed by atoms with Crippen LogP contribution in [0.1, 0.15) is 48.9 Å². The van der Waals surface area contributed by atoms with Crippen LogP contribution in [-0.2, 0) is 9.59 Å². The molecule has 0 aromatic heterocycles. The molecule has 0 spiro atoms. The largest absolute Gasteiger partial charge is 0.497 e. The van der Waals surface area contributed by atoms with Gasteiger partial charge in [0.2, 0.25) is 11.8 Å². The molecule has 3 aliphatic heterocycles. The topological polar surface area (TPSA) is 70.2 Å². The SMILES string of the molecule is COc1ccc(C(=O)N2CCC(C(=O)N3CCC(N4CCCC4=O)CC3)CC2)cc1. The van der Waals surface area contributed by atoms with Gasteiger partial charge in [0, 0.05) is 56.7 Å². The fourth-order valence-corrected chi connectivity index (χ4v) is 4.96. The summed E-state index contributed by atoms with van der Waals surface area (Å²) in [5.41, 5.74) is 0.652. The van der Waals surface area contributed by atoms with Crippen LogP contribution in [-0.4, -0.2) is 78.3 Å². The molecule has 3 heterocycles. The summed E-state index contributed by atoms with van der Waals surface area (Å²) < 4.78 is 5.15. The highest BCUT2D eigenvalue weighted by Gasteiger charge is 2.35. The smallest absolute Gasteiger partial charge is 0.253 e. The van der Waals surface area contributed by atoms with E-state index in [4.69, 9.17) is 4.74 Å². The lowest BCUT2D eigenvalue weighted by atomic mass is 9.93. The lowest BCUT2D eigenvalue weighted by Gasteiger charge is -2.39. The summed E-state index contributed by atoms with van der Waals surface area (Å²) in [6, 6.07) is 7.46. The van der Waals surface area contributed by atoms with E-state index in [1.54, 1.807) is 31.4 Å². The molecule has 3 fully saturated rings. The average Bonchev–Trinajstić information content (AvgIpc) is 3.24. The van der Waals surface area contributed by atoms with Gasteiger partial charge in [0.05, 0.1) is 7.11 Å². The van der Waals surface area contributed by atoms with Crippen LogP contribution >= 0.6 is 0 Å². The Morgan fingerprint density at radius 1 is 0.900 bits per heavy atom. The summed E-state index contributed by atoms with van der Waals surface area (Å²) in [5.74, 6) is 1.23. The molecular weight excluding hydrogens is 382 g/mol. The Kier molecular flexibility index (Phi) is 6.25. The Hall–Kier alpha value is -2.57. The molecule has 7 nitrogen and oxygen atoms in total. The third-order valence-electron chi connectivity index (χ3n) is 6.80. The van der Waals surface area contributed by atoms with Crippen molar-refractivity contribution >= 4 is 17.7 Å². The van der Waals surface area contributed by atoms with Gasteiger partial charge in [-0.2, -0.15) is 0 Å². The summed E-state index contributed by atoms with van der Waals surface area (Å²) in [5, 5.41) is 0. The summed E-state index contributed by atoms with van der Waals surface area (Å²) in [6.45, 7) is 3.56. The van der Waals surface area contributed by atoms with Crippen LogP contribution in [0.25, 0.3) is 0 Å².